The van der Waals surface area contributed by atoms with Gasteiger partial charge in [0.05, 0.1) is 6.54 Å². The molecule has 0 aliphatic rings. The van der Waals surface area contributed by atoms with Gasteiger partial charge in [-0.25, -0.2) is 8.78 Å². The Morgan fingerprint density at radius 1 is 1.00 bits per heavy atom. The monoisotopic (exact) mass is 236 g/mol. The fourth-order valence-electron chi connectivity index (χ4n) is 1.80. The molecule has 1 aromatic heterocycles. The molecule has 17 heavy (non-hydrogen) atoms. The number of hydrogen-bond acceptors (Lipinski definition) is 1. The highest BCUT2D eigenvalue weighted by Gasteiger charge is 2.03. The van der Waals surface area contributed by atoms with E-state index >= 15 is 0 Å². The van der Waals surface area contributed by atoms with Crippen molar-refractivity contribution < 1.29 is 8.78 Å². The Labute approximate surface area is 98.9 Å². The molecule has 0 atom stereocenters. The summed E-state index contributed by atoms with van der Waals surface area (Å²) in [5, 5.41) is 0. The standard InChI is InChI=1S/C13H14F2N2/c1-9-3-4-10(2)17(9)16-8-11-5-12(14)7-13(15)6-11/h3-7,16H,8H2,1-2H3. The van der Waals surface area contributed by atoms with Gasteiger partial charge < -0.3 is 5.43 Å². The first-order valence-electron chi connectivity index (χ1n) is 5.40. The third kappa shape index (κ3) is 2.64. The Kier molecular flexibility index (Phi) is 3.13. The van der Waals surface area contributed by atoms with Crippen molar-refractivity contribution in [3.8, 4) is 0 Å². The van der Waals surface area contributed by atoms with E-state index < -0.39 is 11.6 Å². The number of nitrogens with zero attached hydrogens (tertiary/aromatic N) is 1. The zero-order valence-electron chi connectivity index (χ0n) is 9.80. The normalized spacial score (nSPS) is 10.6. The van der Waals surface area contributed by atoms with Crippen LogP contribution < -0.4 is 5.43 Å². The van der Waals surface area contributed by atoms with Crippen molar-refractivity contribution in [2.45, 2.75) is 20.4 Å². The highest BCUT2D eigenvalue weighted by Crippen LogP contribution is 2.09. The molecule has 0 amide bonds. The average molecular weight is 236 g/mol. The number of benzene rings is 1. The van der Waals surface area contributed by atoms with E-state index in [-0.39, 0.29) is 0 Å². The van der Waals surface area contributed by atoms with Crippen LogP contribution in [0.2, 0.25) is 0 Å². The smallest absolute Gasteiger partial charge is 0.126 e. The molecular formula is C13H14F2N2. The zero-order valence-corrected chi connectivity index (χ0v) is 9.80. The largest absolute Gasteiger partial charge is 0.322 e. The molecule has 1 aromatic carbocycles. The first-order chi connectivity index (χ1) is 8.06. The molecule has 2 nitrogen and oxygen atoms in total. The van der Waals surface area contributed by atoms with Gasteiger partial charge >= 0.3 is 0 Å². The van der Waals surface area contributed by atoms with Crippen molar-refractivity contribution in [1.29, 1.82) is 0 Å². The summed E-state index contributed by atoms with van der Waals surface area (Å²) in [6, 6.07) is 7.48. The lowest BCUT2D eigenvalue weighted by molar-refractivity contribution is 0.579. The van der Waals surface area contributed by atoms with Crippen LogP contribution in [0.4, 0.5) is 8.78 Å². The van der Waals surface area contributed by atoms with Crippen LogP contribution in [-0.4, -0.2) is 4.68 Å². The van der Waals surface area contributed by atoms with Gasteiger partial charge in [-0.1, -0.05) is 0 Å². The van der Waals surface area contributed by atoms with Crippen LogP contribution in [0.3, 0.4) is 0 Å². The lowest BCUT2D eigenvalue weighted by Crippen LogP contribution is -2.17. The summed E-state index contributed by atoms with van der Waals surface area (Å²) in [5.41, 5.74) is 5.80. The Bertz CT molecular complexity index is 492. The molecule has 0 unspecified atom stereocenters. The minimum Gasteiger partial charge on any atom is -0.322 e. The van der Waals surface area contributed by atoms with Gasteiger partial charge in [0, 0.05) is 17.5 Å². The maximum Gasteiger partial charge on any atom is 0.126 e. The van der Waals surface area contributed by atoms with Gasteiger partial charge in [-0.15, -0.1) is 0 Å². The molecule has 4 heteroatoms. The number of nitrogens with one attached hydrogen (secondary N) is 1. The maximum atomic E-state index is 13.0. The Morgan fingerprint density at radius 2 is 1.53 bits per heavy atom. The van der Waals surface area contributed by atoms with E-state index in [1.807, 2.05) is 30.7 Å². The summed E-state index contributed by atoms with van der Waals surface area (Å²) in [6.45, 7) is 4.31. The number of hydrogen-bond donors (Lipinski definition) is 1. The van der Waals surface area contributed by atoms with Gasteiger partial charge in [0.2, 0.25) is 0 Å². The van der Waals surface area contributed by atoms with Crippen molar-refractivity contribution >= 4 is 0 Å². The maximum absolute atomic E-state index is 13.0. The zero-order chi connectivity index (χ0) is 12.4. The molecule has 90 valence electrons. The van der Waals surface area contributed by atoms with Crippen LogP contribution in [0.5, 0.6) is 0 Å². The SMILES string of the molecule is Cc1ccc(C)n1NCc1cc(F)cc(F)c1. The van der Waals surface area contributed by atoms with E-state index in [1.165, 1.54) is 12.1 Å². The van der Waals surface area contributed by atoms with Crippen molar-refractivity contribution in [2.75, 3.05) is 5.43 Å². The van der Waals surface area contributed by atoms with Gasteiger partial charge in [-0.2, -0.15) is 0 Å². The van der Waals surface area contributed by atoms with E-state index in [0.29, 0.717) is 12.1 Å². The lowest BCUT2D eigenvalue weighted by Gasteiger charge is -2.12. The third-order valence-corrected chi connectivity index (χ3v) is 2.63. The van der Waals surface area contributed by atoms with Crippen molar-refractivity contribution in [1.82, 2.24) is 4.68 Å². The molecule has 0 saturated heterocycles. The summed E-state index contributed by atoms with van der Waals surface area (Å²) >= 11 is 0. The molecule has 0 aliphatic carbocycles. The Balaban J connectivity index is 2.12. The molecule has 0 spiro atoms. The quantitative estimate of drug-likeness (QED) is 0.866. The van der Waals surface area contributed by atoms with Crippen molar-refractivity contribution in [3.63, 3.8) is 0 Å². The summed E-state index contributed by atoms with van der Waals surface area (Å²) in [6.07, 6.45) is 0. The third-order valence-electron chi connectivity index (χ3n) is 2.63. The van der Waals surface area contributed by atoms with Crippen LogP contribution in [-0.2, 0) is 6.54 Å². The molecule has 1 N–H and O–H groups in total. The number of halogens is 2. The van der Waals surface area contributed by atoms with Crippen LogP contribution in [0.25, 0.3) is 0 Å². The fourth-order valence-corrected chi connectivity index (χ4v) is 1.80. The number of aryl methyl sites for hydroxylation is 2. The molecular weight excluding hydrogens is 222 g/mol. The van der Waals surface area contributed by atoms with E-state index in [1.54, 1.807) is 0 Å². The minimum absolute atomic E-state index is 0.380. The Morgan fingerprint density at radius 3 is 2.06 bits per heavy atom. The second-order valence-electron chi connectivity index (χ2n) is 4.06. The second kappa shape index (κ2) is 4.57. The van der Waals surface area contributed by atoms with Crippen molar-refractivity contribution in [2.24, 2.45) is 0 Å². The van der Waals surface area contributed by atoms with E-state index in [0.717, 1.165) is 17.5 Å². The first kappa shape index (κ1) is 11.6. The summed E-state index contributed by atoms with van der Waals surface area (Å²) in [5.74, 6) is -1.11. The predicted molar refractivity (Wildman–Crippen MR) is 63.3 cm³/mol. The highest BCUT2D eigenvalue weighted by atomic mass is 19.1. The van der Waals surface area contributed by atoms with E-state index in [9.17, 15) is 8.78 Å². The fraction of sp³-hybridized carbons (Fsp3) is 0.231. The minimum atomic E-state index is -0.553. The second-order valence-corrected chi connectivity index (χ2v) is 4.06. The van der Waals surface area contributed by atoms with Crippen LogP contribution >= 0.6 is 0 Å². The number of rotatable bonds is 3. The van der Waals surface area contributed by atoms with E-state index in [4.69, 9.17) is 0 Å². The summed E-state index contributed by atoms with van der Waals surface area (Å²) in [7, 11) is 0. The van der Waals surface area contributed by atoms with Gasteiger partial charge in [0.1, 0.15) is 11.6 Å². The van der Waals surface area contributed by atoms with Gasteiger partial charge in [0.25, 0.3) is 0 Å². The molecule has 0 radical (unpaired) electrons. The molecule has 1 heterocycles. The van der Waals surface area contributed by atoms with Gasteiger partial charge in [-0.05, 0) is 43.7 Å². The molecule has 2 aromatic rings. The Hall–Kier alpha value is -1.84. The van der Waals surface area contributed by atoms with E-state index in [2.05, 4.69) is 5.43 Å². The molecule has 2 rings (SSSR count). The lowest BCUT2D eigenvalue weighted by atomic mass is 10.2. The van der Waals surface area contributed by atoms with Gasteiger partial charge in [-0.3, -0.25) is 4.68 Å². The summed E-state index contributed by atoms with van der Waals surface area (Å²) < 4.78 is 27.8. The molecule has 0 saturated carbocycles. The predicted octanol–water partition coefficient (Wildman–Crippen LogP) is 3.13. The van der Waals surface area contributed by atoms with Crippen molar-refractivity contribution in [3.05, 3.63) is 58.9 Å². The molecule has 0 bridgehead atoms. The first-order valence-corrected chi connectivity index (χ1v) is 5.40. The molecule has 0 fully saturated rings. The van der Waals surface area contributed by atoms with Gasteiger partial charge in [0.15, 0.2) is 0 Å². The molecule has 0 aliphatic heterocycles. The van der Waals surface area contributed by atoms with Crippen LogP contribution in [0, 0.1) is 25.5 Å². The topological polar surface area (TPSA) is 17.0 Å². The van der Waals surface area contributed by atoms with Crippen LogP contribution in [0.1, 0.15) is 17.0 Å². The average Bonchev–Trinajstić information content (AvgIpc) is 2.55. The highest BCUT2D eigenvalue weighted by molar-refractivity contribution is 5.21. The van der Waals surface area contributed by atoms with Crippen LogP contribution in [0.15, 0.2) is 30.3 Å². The summed E-state index contributed by atoms with van der Waals surface area (Å²) in [4.78, 5) is 0. The number of aromatic nitrogens is 1.